The van der Waals surface area contributed by atoms with Gasteiger partial charge in [-0.25, -0.2) is 0 Å². The van der Waals surface area contributed by atoms with E-state index in [-0.39, 0.29) is 6.54 Å². The van der Waals surface area contributed by atoms with Crippen molar-refractivity contribution < 1.29 is 9.90 Å². The fraction of sp³-hybridized carbons (Fsp3) is 0.286. The Morgan fingerprint density at radius 3 is 3.00 bits per heavy atom. The molecule has 0 saturated heterocycles. The Morgan fingerprint density at radius 1 is 1.48 bits per heavy atom. The number of hydrogen-bond donors (Lipinski definition) is 2. The van der Waals surface area contributed by atoms with Crippen molar-refractivity contribution in [3.8, 4) is 0 Å². The first kappa shape index (κ1) is 14.8. The number of pyridine rings is 1. The summed E-state index contributed by atoms with van der Waals surface area (Å²) < 4.78 is 0. The fourth-order valence-corrected chi connectivity index (χ4v) is 2.08. The number of carboxylic acid groups (broad SMARTS) is 1. The van der Waals surface area contributed by atoms with Crippen molar-refractivity contribution >= 4 is 16.9 Å². The van der Waals surface area contributed by atoms with E-state index in [0.29, 0.717) is 12.1 Å². The lowest BCUT2D eigenvalue weighted by Gasteiger charge is -2.14. The summed E-state index contributed by atoms with van der Waals surface area (Å²) in [4.78, 5) is 18.4. The second-order valence-corrected chi connectivity index (χ2v) is 4.58. The Kier molecular flexibility index (Phi) is 4.71. The molecule has 0 aliphatic carbocycles. The second kappa shape index (κ2) is 6.69. The smallest absolute Gasteiger partial charge is 0.325 e. The summed E-state index contributed by atoms with van der Waals surface area (Å²) in [6.07, 6.45) is 0. The van der Waals surface area contributed by atoms with E-state index in [1.165, 1.54) is 0 Å². The van der Waals surface area contributed by atoms with Gasteiger partial charge in [0.1, 0.15) is 6.04 Å². The van der Waals surface area contributed by atoms with E-state index < -0.39 is 12.0 Å². The van der Waals surface area contributed by atoms with Crippen LogP contribution in [0.25, 0.3) is 21.3 Å². The zero-order valence-electron chi connectivity index (χ0n) is 11.5. The first-order valence-corrected chi connectivity index (χ1v) is 6.46. The van der Waals surface area contributed by atoms with E-state index >= 15 is 0 Å². The van der Waals surface area contributed by atoms with Gasteiger partial charge in [-0.15, -0.1) is 0 Å². The lowest BCUT2D eigenvalue weighted by molar-refractivity contribution is -0.139. The molecule has 7 heteroatoms. The van der Waals surface area contributed by atoms with Gasteiger partial charge in [-0.3, -0.25) is 9.78 Å². The van der Waals surface area contributed by atoms with E-state index in [2.05, 4.69) is 20.3 Å². The summed E-state index contributed by atoms with van der Waals surface area (Å²) in [5.41, 5.74) is 10.6. The molecule has 0 fully saturated rings. The predicted molar refractivity (Wildman–Crippen MR) is 78.9 cm³/mol. The largest absolute Gasteiger partial charge is 0.480 e. The fourth-order valence-electron chi connectivity index (χ4n) is 2.08. The van der Waals surface area contributed by atoms with Crippen LogP contribution in [0.3, 0.4) is 0 Å². The third kappa shape index (κ3) is 3.68. The average Bonchev–Trinajstić information content (AvgIpc) is 2.46. The second-order valence-electron chi connectivity index (χ2n) is 4.58. The summed E-state index contributed by atoms with van der Waals surface area (Å²) in [6.45, 7) is 2.41. The molecule has 0 aliphatic heterocycles. The van der Waals surface area contributed by atoms with Crippen LogP contribution < -0.4 is 5.32 Å². The minimum Gasteiger partial charge on any atom is -0.480 e. The number of nitrogens with one attached hydrogen (secondary N) is 1. The first-order chi connectivity index (χ1) is 10.1. The third-order valence-corrected chi connectivity index (χ3v) is 3.06. The van der Waals surface area contributed by atoms with Crippen molar-refractivity contribution in [2.75, 3.05) is 13.1 Å². The van der Waals surface area contributed by atoms with Crippen LogP contribution in [0.2, 0.25) is 0 Å². The highest BCUT2D eigenvalue weighted by Gasteiger charge is 2.19. The number of nitrogens with zero attached hydrogens (tertiary/aromatic N) is 4. The van der Waals surface area contributed by atoms with Crippen LogP contribution in [0.5, 0.6) is 0 Å². The van der Waals surface area contributed by atoms with E-state index in [1.54, 1.807) is 12.1 Å². The highest BCUT2D eigenvalue weighted by molar-refractivity contribution is 5.82. The van der Waals surface area contributed by atoms with Gasteiger partial charge in [0.15, 0.2) is 0 Å². The summed E-state index contributed by atoms with van der Waals surface area (Å²) in [6, 6.07) is 8.32. The normalized spacial score (nSPS) is 11.9. The maximum absolute atomic E-state index is 11.4. The number of azide groups is 1. The van der Waals surface area contributed by atoms with Crippen LogP contribution in [0.1, 0.15) is 17.3 Å². The van der Waals surface area contributed by atoms with Gasteiger partial charge >= 0.3 is 5.97 Å². The van der Waals surface area contributed by atoms with Gasteiger partial charge in [0, 0.05) is 29.1 Å². The van der Waals surface area contributed by atoms with Crippen molar-refractivity contribution in [1.29, 1.82) is 0 Å². The number of rotatable bonds is 6. The molecular weight excluding hydrogens is 270 g/mol. The number of benzene rings is 1. The number of carboxylic acids is 1. The Bertz CT molecular complexity index is 710. The summed E-state index contributed by atoms with van der Waals surface area (Å²) in [5, 5.41) is 16.4. The highest BCUT2D eigenvalue weighted by Crippen LogP contribution is 2.20. The zero-order valence-corrected chi connectivity index (χ0v) is 11.5. The summed E-state index contributed by atoms with van der Waals surface area (Å²) in [5.74, 6) is -0.977. The number of aliphatic carboxylic acids is 1. The molecule has 2 N–H and O–H groups in total. The topological polar surface area (TPSA) is 111 Å². The molecule has 0 saturated carbocycles. The van der Waals surface area contributed by atoms with Crippen LogP contribution in [-0.2, 0) is 4.79 Å². The van der Waals surface area contributed by atoms with Gasteiger partial charge in [-0.2, -0.15) is 0 Å². The SMILES string of the molecule is Cc1ccc2cc(C(NCCN=[N+]=[N-])C(=O)O)ccc2n1. The third-order valence-electron chi connectivity index (χ3n) is 3.06. The molecular formula is C14H15N5O2. The minimum atomic E-state index is -0.977. The van der Waals surface area contributed by atoms with Crippen molar-refractivity contribution in [1.82, 2.24) is 10.3 Å². The molecule has 0 spiro atoms. The molecule has 0 radical (unpaired) electrons. The first-order valence-electron chi connectivity index (χ1n) is 6.46. The number of hydrogen-bond acceptors (Lipinski definition) is 4. The standard InChI is InChI=1S/C14H15N5O2/c1-9-2-3-10-8-11(4-5-12(10)18-9)13(14(20)21)16-6-7-17-19-15/h2-5,8,13,16H,6-7H2,1H3,(H,20,21). The van der Waals surface area contributed by atoms with Crippen LogP contribution >= 0.6 is 0 Å². The van der Waals surface area contributed by atoms with Crippen molar-refractivity contribution in [3.63, 3.8) is 0 Å². The molecule has 0 aliphatic rings. The molecule has 108 valence electrons. The predicted octanol–water partition coefficient (Wildman–Crippen LogP) is 2.57. The monoisotopic (exact) mass is 285 g/mol. The molecule has 1 atom stereocenters. The molecule has 2 aromatic rings. The van der Waals surface area contributed by atoms with Gasteiger partial charge < -0.3 is 10.4 Å². The molecule has 0 amide bonds. The Labute approximate surface area is 121 Å². The molecule has 1 aromatic heterocycles. The zero-order chi connectivity index (χ0) is 15.2. The van der Waals surface area contributed by atoms with E-state index in [0.717, 1.165) is 16.6 Å². The van der Waals surface area contributed by atoms with Crippen molar-refractivity contribution in [2.45, 2.75) is 13.0 Å². The maximum Gasteiger partial charge on any atom is 0.325 e. The molecule has 1 aromatic carbocycles. The molecule has 21 heavy (non-hydrogen) atoms. The number of carbonyl (C=O) groups is 1. The van der Waals surface area contributed by atoms with Crippen LogP contribution in [-0.4, -0.2) is 29.1 Å². The van der Waals surface area contributed by atoms with Crippen molar-refractivity contribution in [2.24, 2.45) is 5.11 Å². The number of aryl methyl sites for hydroxylation is 1. The lowest BCUT2D eigenvalue weighted by atomic mass is 10.0. The van der Waals surface area contributed by atoms with Gasteiger partial charge in [-0.05, 0) is 36.2 Å². The molecule has 0 bridgehead atoms. The van der Waals surface area contributed by atoms with Crippen LogP contribution in [0.4, 0.5) is 0 Å². The Morgan fingerprint density at radius 2 is 2.29 bits per heavy atom. The Hall–Kier alpha value is -2.63. The molecule has 2 rings (SSSR count). The quantitative estimate of drug-likeness (QED) is 0.367. The van der Waals surface area contributed by atoms with Crippen LogP contribution in [0, 0.1) is 6.92 Å². The van der Waals surface area contributed by atoms with E-state index in [1.807, 2.05) is 25.1 Å². The summed E-state index contributed by atoms with van der Waals surface area (Å²) in [7, 11) is 0. The molecule has 1 unspecified atom stereocenters. The molecule has 7 nitrogen and oxygen atoms in total. The number of fused-ring (bicyclic) bond motifs is 1. The highest BCUT2D eigenvalue weighted by atomic mass is 16.4. The van der Waals surface area contributed by atoms with Crippen molar-refractivity contribution in [3.05, 3.63) is 52.0 Å². The minimum absolute atomic E-state index is 0.203. The van der Waals surface area contributed by atoms with E-state index in [4.69, 9.17) is 5.53 Å². The van der Waals surface area contributed by atoms with E-state index in [9.17, 15) is 9.90 Å². The summed E-state index contributed by atoms with van der Waals surface area (Å²) >= 11 is 0. The van der Waals surface area contributed by atoms with Gasteiger partial charge in [0.2, 0.25) is 0 Å². The Balaban J connectivity index is 2.25. The average molecular weight is 285 g/mol. The van der Waals surface area contributed by atoms with Gasteiger partial charge in [0.25, 0.3) is 0 Å². The van der Waals surface area contributed by atoms with Gasteiger partial charge in [0.05, 0.1) is 5.52 Å². The maximum atomic E-state index is 11.4. The number of aromatic nitrogens is 1. The molecule has 1 heterocycles. The van der Waals surface area contributed by atoms with Gasteiger partial charge in [-0.1, -0.05) is 17.2 Å². The van der Waals surface area contributed by atoms with Crippen LogP contribution in [0.15, 0.2) is 35.4 Å². The lowest BCUT2D eigenvalue weighted by Crippen LogP contribution is -2.30.